The van der Waals surface area contributed by atoms with Crippen LogP contribution < -0.4 is 4.74 Å². The molecule has 0 aliphatic carbocycles. The number of hydrogen-bond acceptors (Lipinski definition) is 3. The van der Waals surface area contributed by atoms with Gasteiger partial charge in [0.05, 0.1) is 6.61 Å². The lowest BCUT2D eigenvalue weighted by Gasteiger charge is -2.04. The molecule has 0 bridgehead atoms. The van der Waals surface area contributed by atoms with E-state index in [2.05, 4.69) is 22.6 Å². The number of thiophene rings is 1. The zero-order valence-electron chi connectivity index (χ0n) is 7.58. The molecule has 0 aliphatic heterocycles. The smallest absolute Gasteiger partial charge is 0.172 e. The second kappa shape index (κ2) is 3.94. The summed E-state index contributed by atoms with van der Waals surface area (Å²) in [6.45, 7) is 2.60. The number of aromatic hydroxyl groups is 1. The van der Waals surface area contributed by atoms with E-state index in [9.17, 15) is 5.11 Å². The summed E-state index contributed by atoms with van der Waals surface area (Å²) in [7, 11) is 0. The number of halogens is 1. The fourth-order valence-corrected chi connectivity index (χ4v) is 3.00. The van der Waals surface area contributed by atoms with E-state index < -0.39 is 0 Å². The molecule has 1 N–H and O–H groups in total. The Morgan fingerprint density at radius 2 is 2.21 bits per heavy atom. The van der Waals surface area contributed by atoms with Crippen LogP contribution in [-0.4, -0.2) is 11.7 Å². The normalized spacial score (nSPS) is 10.7. The van der Waals surface area contributed by atoms with Crippen LogP contribution in [0.4, 0.5) is 0 Å². The lowest BCUT2D eigenvalue weighted by atomic mass is 10.2. The lowest BCUT2D eigenvalue weighted by molar-refractivity contribution is 0.344. The number of benzene rings is 1. The van der Waals surface area contributed by atoms with Crippen LogP contribution in [0.2, 0.25) is 0 Å². The maximum atomic E-state index is 9.40. The summed E-state index contributed by atoms with van der Waals surface area (Å²) in [5.41, 5.74) is 0. The van der Waals surface area contributed by atoms with Gasteiger partial charge >= 0.3 is 0 Å². The Balaban J connectivity index is 2.66. The van der Waals surface area contributed by atoms with Crippen LogP contribution in [0, 0.1) is 3.57 Å². The van der Waals surface area contributed by atoms with Crippen LogP contribution in [-0.2, 0) is 0 Å². The molecule has 0 fully saturated rings. The van der Waals surface area contributed by atoms with Gasteiger partial charge in [0.25, 0.3) is 0 Å². The molecule has 0 amide bonds. The highest BCUT2D eigenvalue weighted by Gasteiger charge is 2.07. The van der Waals surface area contributed by atoms with E-state index in [-0.39, 0.29) is 0 Å². The third-order valence-electron chi connectivity index (χ3n) is 1.85. The van der Waals surface area contributed by atoms with E-state index in [0.29, 0.717) is 11.7 Å². The van der Waals surface area contributed by atoms with Crippen molar-refractivity contribution in [2.75, 3.05) is 6.61 Å². The molecule has 0 saturated carbocycles. The standard InChI is InChI=1S/C10H9IO2S/c1-2-13-8-3-6(11)4-9-7(8)5-10(12)14-9/h3-5,12H,2H2,1H3. The largest absolute Gasteiger partial charge is 0.499 e. The van der Waals surface area contributed by atoms with E-state index in [4.69, 9.17) is 4.74 Å². The van der Waals surface area contributed by atoms with Crippen molar-refractivity contribution in [1.82, 2.24) is 0 Å². The minimum absolute atomic E-state index is 0.336. The SMILES string of the molecule is CCOc1cc(I)cc2sc(O)cc12. The Kier molecular flexibility index (Phi) is 2.83. The van der Waals surface area contributed by atoms with E-state index in [1.54, 1.807) is 6.07 Å². The second-order valence-corrected chi connectivity index (χ2v) is 5.14. The van der Waals surface area contributed by atoms with E-state index in [1.807, 2.05) is 19.1 Å². The molecule has 4 heteroatoms. The lowest BCUT2D eigenvalue weighted by Crippen LogP contribution is -1.91. The average Bonchev–Trinajstić information content (AvgIpc) is 2.45. The van der Waals surface area contributed by atoms with Crippen molar-refractivity contribution in [2.45, 2.75) is 6.92 Å². The maximum absolute atomic E-state index is 9.40. The van der Waals surface area contributed by atoms with Crippen molar-refractivity contribution in [3.8, 4) is 10.8 Å². The van der Waals surface area contributed by atoms with E-state index in [0.717, 1.165) is 19.4 Å². The first-order valence-electron chi connectivity index (χ1n) is 4.25. The topological polar surface area (TPSA) is 29.5 Å². The molecule has 2 aromatic rings. The summed E-state index contributed by atoms with van der Waals surface area (Å²) in [6, 6.07) is 5.78. The van der Waals surface area contributed by atoms with Crippen LogP contribution in [0.5, 0.6) is 10.8 Å². The van der Waals surface area contributed by atoms with Gasteiger partial charge in [0, 0.05) is 19.7 Å². The molecule has 1 aromatic carbocycles. The molecule has 74 valence electrons. The number of rotatable bonds is 2. The van der Waals surface area contributed by atoms with Crippen molar-refractivity contribution in [3.05, 3.63) is 21.8 Å². The van der Waals surface area contributed by atoms with E-state index >= 15 is 0 Å². The fourth-order valence-electron chi connectivity index (χ4n) is 1.34. The average molecular weight is 320 g/mol. The van der Waals surface area contributed by atoms with Crippen LogP contribution >= 0.6 is 33.9 Å². The minimum Gasteiger partial charge on any atom is -0.499 e. The third kappa shape index (κ3) is 1.81. The van der Waals surface area contributed by atoms with Crippen LogP contribution in [0.25, 0.3) is 10.1 Å². The first-order chi connectivity index (χ1) is 6.70. The Hall–Kier alpha value is -0.490. The predicted octanol–water partition coefficient (Wildman–Crippen LogP) is 3.61. The summed E-state index contributed by atoms with van der Waals surface area (Å²) in [5.74, 6) is 0.853. The number of hydrogen-bond donors (Lipinski definition) is 1. The Labute approximate surface area is 99.7 Å². The summed E-state index contributed by atoms with van der Waals surface area (Å²) in [5, 5.41) is 10.7. The molecular weight excluding hydrogens is 311 g/mol. The second-order valence-electron chi connectivity index (χ2n) is 2.83. The molecule has 2 rings (SSSR count). The first-order valence-corrected chi connectivity index (χ1v) is 6.15. The molecule has 14 heavy (non-hydrogen) atoms. The van der Waals surface area contributed by atoms with Gasteiger partial charge in [-0.15, -0.1) is 0 Å². The van der Waals surface area contributed by atoms with Gasteiger partial charge in [-0.2, -0.15) is 0 Å². The molecule has 2 nitrogen and oxygen atoms in total. The first kappa shape index (κ1) is 10.0. The zero-order valence-corrected chi connectivity index (χ0v) is 10.6. The van der Waals surface area contributed by atoms with Crippen molar-refractivity contribution < 1.29 is 9.84 Å². The predicted molar refractivity (Wildman–Crippen MR) is 67.4 cm³/mol. The summed E-state index contributed by atoms with van der Waals surface area (Å²) >= 11 is 3.62. The molecule has 0 radical (unpaired) electrons. The number of fused-ring (bicyclic) bond motifs is 1. The monoisotopic (exact) mass is 320 g/mol. The molecule has 1 heterocycles. The third-order valence-corrected chi connectivity index (χ3v) is 3.36. The van der Waals surface area contributed by atoms with Crippen molar-refractivity contribution in [3.63, 3.8) is 0 Å². The quantitative estimate of drug-likeness (QED) is 0.857. The Bertz CT molecular complexity index is 464. The molecule has 0 saturated heterocycles. The summed E-state index contributed by atoms with van der Waals surface area (Å²) in [6.07, 6.45) is 0. The van der Waals surface area contributed by atoms with Crippen molar-refractivity contribution in [2.24, 2.45) is 0 Å². The number of ether oxygens (including phenoxy) is 1. The van der Waals surface area contributed by atoms with Gasteiger partial charge in [0.2, 0.25) is 0 Å². The van der Waals surface area contributed by atoms with Gasteiger partial charge in [-0.3, -0.25) is 0 Å². The van der Waals surface area contributed by atoms with Gasteiger partial charge in [-0.05, 0) is 41.6 Å². The van der Waals surface area contributed by atoms with Crippen molar-refractivity contribution >= 4 is 44.0 Å². The highest BCUT2D eigenvalue weighted by molar-refractivity contribution is 14.1. The Morgan fingerprint density at radius 3 is 2.93 bits per heavy atom. The molecule has 0 atom stereocenters. The van der Waals surface area contributed by atoms with Crippen LogP contribution in [0.3, 0.4) is 0 Å². The van der Waals surface area contributed by atoms with Crippen LogP contribution in [0.1, 0.15) is 6.92 Å². The molecular formula is C10H9IO2S. The van der Waals surface area contributed by atoms with Gasteiger partial charge in [0.1, 0.15) is 5.75 Å². The Morgan fingerprint density at radius 1 is 1.43 bits per heavy atom. The van der Waals surface area contributed by atoms with Gasteiger partial charge < -0.3 is 9.84 Å². The summed E-state index contributed by atoms with van der Waals surface area (Å²) < 4.78 is 7.70. The van der Waals surface area contributed by atoms with Gasteiger partial charge in [0.15, 0.2) is 5.06 Å². The fraction of sp³-hybridized carbons (Fsp3) is 0.200. The van der Waals surface area contributed by atoms with Gasteiger partial charge in [-0.25, -0.2) is 0 Å². The highest BCUT2D eigenvalue weighted by Crippen LogP contribution is 2.37. The molecule has 1 aromatic heterocycles. The van der Waals surface area contributed by atoms with E-state index in [1.165, 1.54) is 11.3 Å². The summed E-state index contributed by atoms with van der Waals surface area (Å²) in [4.78, 5) is 0. The maximum Gasteiger partial charge on any atom is 0.172 e. The van der Waals surface area contributed by atoms with Gasteiger partial charge in [-0.1, -0.05) is 11.3 Å². The van der Waals surface area contributed by atoms with Crippen molar-refractivity contribution in [1.29, 1.82) is 0 Å². The molecule has 0 spiro atoms. The molecule has 0 aliphatic rings. The minimum atomic E-state index is 0.336. The highest BCUT2D eigenvalue weighted by atomic mass is 127. The zero-order chi connectivity index (χ0) is 10.1. The van der Waals surface area contributed by atoms with Crippen LogP contribution in [0.15, 0.2) is 18.2 Å². The molecule has 0 unspecified atom stereocenters.